The molecule has 0 saturated heterocycles. The monoisotopic (exact) mass is 169 g/mol. The highest BCUT2D eigenvalue weighted by Gasteiger charge is 1.99. The third-order valence-electron chi connectivity index (χ3n) is 2.16. The van der Waals surface area contributed by atoms with Crippen LogP contribution in [0.5, 0.6) is 0 Å². The van der Waals surface area contributed by atoms with Crippen molar-refractivity contribution in [1.82, 2.24) is 14.6 Å². The zero-order valence-electron chi connectivity index (χ0n) is 6.88. The first-order chi connectivity index (χ1) is 6.45. The average Bonchev–Trinajstić information content (AvgIpc) is 2.65. The summed E-state index contributed by atoms with van der Waals surface area (Å²) in [6.07, 6.45) is 3.51. The van der Waals surface area contributed by atoms with Crippen molar-refractivity contribution in [3.63, 3.8) is 0 Å². The minimum absolute atomic E-state index is 1.01. The fourth-order valence-electron chi connectivity index (χ4n) is 1.54. The van der Waals surface area contributed by atoms with E-state index in [0.717, 1.165) is 16.4 Å². The van der Waals surface area contributed by atoms with Gasteiger partial charge in [-0.15, -0.1) is 0 Å². The summed E-state index contributed by atoms with van der Waals surface area (Å²) in [5.41, 5.74) is 2.11. The van der Waals surface area contributed by atoms with Gasteiger partial charge in [0.1, 0.15) is 6.33 Å². The van der Waals surface area contributed by atoms with E-state index in [4.69, 9.17) is 0 Å². The van der Waals surface area contributed by atoms with Gasteiger partial charge in [0.2, 0.25) is 0 Å². The number of rotatable bonds is 0. The first-order valence-corrected chi connectivity index (χ1v) is 4.12. The third kappa shape index (κ3) is 0.839. The predicted molar refractivity (Wildman–Crippen MR) is 50.5 cm³/mol. The van der Waals surface area contributed by atoms with Crippen LogP contribution in [0.4, 0.5) is 0 Å². The molecule has 0 N–H and O–H groups in total. The molecule has 3 nitrogen and oxygen atoms in total. The lowest BCUT2D eigenvalue weighted by Crippen LogP contribution is -1.89. The Morgan fingerprint density at radius 1 is 1.08 bits per heavy atom. The molecule has 0 amide bonds. The Kier molecular flexibility index (Phi) is 1.16. The van der Waals surface area contributed by atoms with Crippen molar-refractivity contribution >= 4 is 16.4 Å². The van der Waals surface area contributed by atoms with E-state index in [1.165, 1.54) is 0 Å². The van der Waals surface area contributed by atoms with Gasteiger partial charge >= 0.3 is 0 Å². The van der Waals surface area contributed by atoms with E-state index in [0.29, 0.717) is 0 Å². The minimum atomic E-state index is 1.01. The molecule has 3 rings (SSSR count). The van der Waals surface area contributed by atoms with Crippen LogP contribution in [0.25, 0.3) is 16.4 Å². The van der Waals surface area contributed by atoms with Gasteiger partial charge in [0, 0.05) is 5.39 Å². The fourth-order valence-corrected chi connectivity index (χ4v) is 1.54. The molecule has 62 valence electrons. The number of para-hydroxylation sites is 1. The van der Waals surface area contributed by atoms with Crippen LogP contribution in [-0.4, -0.2) is 14.6 Å². The first-order valence-electron chi connectivity index (χ1n) is 4.12. The maximum Gasteiger partial charge on any atom is 0.118 e. The summed E-state index contributed by atoms with van der Waals surface area (Å²) in [4.78, 5) is 4.28. The van der Waals surface area contributed by atoms with Crippen molar-refractivity contribution in [2.24, 2.45) is 0 Å². The lowest BCUT2D eigenvalue weighted by atomic mass is 10.2. The zero-order valence-corrected chi connectivity index (χ0v) is 6.88. The summed E-state index contributed by atoms with van der Waals surface area (Å²) >= 11 is 0. The molecular formula is C10H7N3. The van der Waals surface area contributed by atoms with Gasteiger partial charge < -0.3 is 0 Å². The molecule has 3 heteroatoms. The highest BCUT2D eigenvalue weighted by molar-refractivity contribution is 5.92. The highest BCUT2D eigenvalue weighted by atomic mass is 15.2. The molecule has 1 aromatic carbocycles. The van der Waals surface area contributed by atoms with Crippen LogP contribution in [0, 0.1) is 0 Å². The van der Waals surface area contributed by atoms with E-state index >= 15 is 0 Å². The molecule has 2 aromatic heterocycles. The molecule has 0 aliphatic carbocycles. The topological polar surface area (TPSA) is 30.2 Å². The number of fused-ring (bicyclic) bond motifs is 3. The first kappa shape index (κ1) is 6.60. The van der Waals surface area contributed by atoms with Gasteiger partial charge in [0.05, 0.1) is 17.2 Å². The zero-order chi connectivity index (χ0) is 8.67. The summed E-state index contributed by atoms with van der Waals surface area (Å²) in [5, 5.41) is 5.26. The Balaban J connectivity index is 2.65. The number of hydrogen-bond donors (Lipinski definition) is 0. The van der Waals surface area contributed by atoms with Gasteiger partial charge in [-0.3, -0.25) is 0 Å². The van der Waals surface area contributed by atoms with Gasteiger partial charge in [-0.25, -0.2) is 9.50 Å². The van der Waals surface area contributed by atoms with E-state index in [-0.39, 0.29) is 0 Å². The molecule has 3 aromatic rings. The molecule has 0 aliphatic rings. The summed E-state index contributed by atoms with van der Waals surface area (Å²) in [7, 11) is 0. The van der Waals surface area contributed by atoms with Crippen molar-refractivity contribution in [3.8, 4) is 0 Å². The van der Waals surface area contributed by atoms with E-state index in [9.17, 15) is 0 Å². The van der Waals surface area contributed by atoms with E-state index in [2.05, 4.69) is 16.1 Å². The van der Waals surface area contributed by atoms with Gasteiger partial charge in [-0.05, 0) is 12.1 Å². The van der Waals surface area contributed by atoms with Crippen LogP contribution in [-0.2, 0) is 0 Å². The molecule has 2 heterocycles. The van der Waals surface area contributed by atoms with Crippen molar-refractivity contribution in [3.05, 3.63) is 42.9 Å². The summed E-state index contributed by atoms with van der Waals surface area (Å²) < 4.78 is 1.78. The number of aromatic nitrogens is 3. The standard InChI is InChI=1S/C10H7N3/c1-2-4-9-8(3-1)10-5-6-12-13(10)7-11-9/h1-7H. The van der Waals surface area contributed by atoms with Gasteiger partial charge in [-0.1, -0.05) is 18.2 Å². The SMILES string of the molecule is c1ccc2c(c1)ncn1nccc21. The largest absolute Gasteiger partial charge is 0.236 e. The molecule has 0 bridgehead atoms. The average molecular weight is 169 g/mol. The Morgan fingerprint density at radius 3 is 3.00 bits per heavy atom. The normalized spacial score (nSPS) is 11.1. The summed E-state index contributed by atoms with van der Waals surface area (Å²) in [6.45, 7) is 0. The minimum Gasteiger partial charge on any atom is -0.236 e. The lowest BCUT2D eigenvalue weighted by Gasteiger charge is -1.97. The number of benzene rings is 1. The van der Waals surface area contributed by atoms with Crippen LogP contribution in [0.2, 0.25) is 0 Å². The second-order valence-corrected chi connectivity index (χ2v) is 2.92. The second-order valence-electron chi connectivity index (χ2n) is 2.92. The molecule has 13 heavy (non-hydrogen) atoms. The third-order valence-corrected chi connectivity index (χ3v) is 2.16. The molecule has 0 spiro atoms. The lowest BCUT2D eigenvalue weighted by molar-refractivity contribution is 0.934. The van der Waals surface area contributed by atoms with Crippen LogP contribution < -0.4 is 0 Å². The molecule has 0 unspecified atom stereocenters. The van der Waals surface area contributed by atoms with E-state index in [1.54, 1.807) is 17.0 Å². The smallest absolute Gasteiger partial charge is 0.118 e. The van der Waals surface area contributed by atoms with E-state index < -0.39 is 0 Å². The Hall–Kier alpha value is -1.90. The van der Waals surface area contributed by atoms with Crippen LogP contribution in [0.1, 0.15) is 0 Å². The fraction of sp³-hybridized carbons (Fsp3) is 0. The van der Waals surface area contributed by atoms with Crippen LogP contribution >= 0.6 is 0 Å². The Labute approximate surface area is 74.6 Å². The van der Waals surface area contributed by atoms with Crippen molar-refractivity contribution < 1.29 is 0 Å². The predicted octanol–water partition coefficient (Wildman–Crippen LogP) is 1.88. The van der Waals surface area contributed by atoms with Gasteiger partial charge in [-0.2, -0.15) is 5.10 Å². The van der Waals surface area contributed by atoms with Crippen molar-refractivity contribution in [1.29, 1.82) is 0 Å². The molecule has 0 aliphatic heterocycles. The molecular weight excluding hydrogens is 162 g/mol. The highest BCUT2D eigenvalue weighted by Crippen LogP contribution is 2.16. The second kappa shape index (κ2) is 2.29. The van der Waals surface area contributed by atoms with Gasteiger partial charge in [0.15, 0.2) is 0 Å². The van der Waals surface area contributed by atoms with Crippen molar-refractivity contribution in [2.75, 3.05) is 0 Å². The van der Waals surface area contributed by atoms with Crippen molar-refractivity contribution in [2.45, 2.75) is 0 Å². The summed E-state index contributed by atoms with van der Waals surface area (Å²) in [5.74, 6) is 0. The quantitative estimate of drug-likeness (QED) is 0.514. The molecule has 0 radical (unpaired) electrons. The Morgan fingerprint density at radius 2 is 2.00 bits per heavy atom. The maximum atomic E-state index is 4.28. The van der Waals surface area contributed by atoms with Crippen LogP contribution in [0.15, 0.2) is 42.9 Å². The molecule has 0 saturated carbocycles. The Bertz CT molecular complexity index is 568. The molecule has 0 atom stereocenters. The van der Waals surface area contributed by atoms with E-state index in [1.807, 2.05) is 24.3 Å². The van der Waals surface area contributed by atoms with Gasteiger partial charge in [0.25, 0.3) is 0 Å². The van der Waals surface area contributed by atoms with Crippen LogP contribution in [0.3, 0.4) is 0 Å². The molecule has 0 fully saturated rings. The maximum absolute atomic E-state index is 4.28. The summed E-state index contributed by atoms with van der Waals surface area (Å²) in [6, 6.07) is 10.0. The number of nitrogens with zero attached hydrogens (tertiary/aromatic N) is 3. The number of hydrogen-bond acceptors (Lipinski definition) is 2.